The Balaban J connectivity index is 1.92. The predicted molar refractivity (Wildman–Crippen MR) is 172 cm³/mol. The van der Waals surface area contributed by atoms with Crippen molar-refractivity contribution in [3.05, 3.63) is 215 Å². The molecular formula is C38H33O3P. The Labute approximate surface area is 247 Å². The SMILES string of the molecule is OP(O)(O)(C(c1ccccc1)(c1ccccc1)c1ccccc1)C(c1ccccc1)(c1ccccc1)c1ccccc1. The van der Waals surface area contributed by atoms with Crippen molar-refractivity contribution in [3.8, 4) is 0 Å². The summed E-state index contributed by atoms with van der Waals surface area (Å²) in [7, 11) is -6.25. The molecule has 0 radical (unpaired) electrons. The second-order valence-corrected chi connectivity index (χ2v) is 13.9. The maximum absolute atomic E-state index is 13.8. The van der Waals surface area contributed by atoms with Crippen LogP contribution >= 0.6 is 7.28 Å². The molecule has 0 aliphatic rings. The van der Waals surface area contributed by atoms with Gasteiger partial charge in [0.2, 0.25) is 0 Å². The van der Waals surface area contributed by atoms with Crippen LogP contribution in [0.15, 0.2) is 182 Å². The Morgan fingerprint density at radius 2 is 0.405 bits per heavy atom. The molecule has 0 aliphatic carbocycles. The van der Waals surface area contributed by atoms with Crippen molar-refractivity contribution in [2.24, 2.45) is 0 Å². The van der Waals surface area contributed by atoms with E-state index in [0.29, 0.717) is 33.4 Å². The van der Waals surface area contributed by atoms with Gasteiger partial charge in [0.15, 0.2) is 0 Å². The topological polar surface area (TPSA) is 60.7 Å². The summed E-state index contributed by atoms with van der Waals surface area (Å²) in [6.45, 7) is 0. The van der Waals surface area contributed by atoms with Crippen molar-refractivity contribution >= 4 is 7.28 Å². The van der Waals surface area contributed by atoms with Crippen LogP contribution in [0.1, 0.15) is 33.4 Å². The van der Waals surface area contributed by atoms with Gasteiger partial charge in [0.1, 0.15) is 0 Å². The van der Waals surface area contributed by atoms with Gasteiger partial charge >= 0.3 is 248 Å². The number of rotatable bonds is 8. The summed E-state index contributed by atoms with van der Waals surface area (Å²) >= 11 is 0. The molecule has 0 amide bonds. The van der Waals surface area contributed by atoms with E-state index in [1.54, 1.807) is 0 Å². The van der Waals surface area contributed by atoms with Crippen molar-refractivity contribution in [1.29, 1.82) is 0 Å². The first-order valence-electron chi connectivity index (χ1n) is 14.0. The first-order valence-corrected chi connectivity index (χ1v) is 16.1. The Hall–Kier alpha value is -4.37. The minimum absolute atomic E-state index is 0.569. The summed E-state index contributed by atoms with van der Waals surface area (Å²) in [4.78, 5) is 41.3. The molecule has 0 unspecified atom stereocenters. The molecular weight excluding hydrogens is 535 g/mol. The summed E-state index contributed by atoms with van der Waals surface area (Å²) in [5, 5.41) is -3.59. The van der Waals surface area contributed by atoms with E-state index in [1.807, 2.05) is 182 Å². The molecule has 0 aliphatic heterocycles. The molecule has 0 spiro atoms. The van der Waals surface area contributed by atoms with E-state index in [-0.39, 0.29) is 0 Å². The van der Waals surface area contributed by atoms with Crippen molar-refractivity contribution < 1.29 is 14.7 Å². The van der Waals surface area contributed by atoms with Crippen LogP contribution in [0, 0.1) is 0 Å². The van der Waals surface area contributed by atoms with Gasteiger partial charge < -0.3 is 0 Å². The third-order valence-electron chi connectivity index (χ3n) is 8.38. The van der Waals surface area contributed by atoms with Crippen LogP contribution in [-0.4, -0.2) is 14.7 Å². The standard InChI is InChI=1S/C38H33O3P/c39-42(40,41,37(31-19-7-1-8-20-31,32-21-9-2-10-22-32)33-23-11-3-12-24-33)38(34-25-13-4-14-26-34,35-27-15-5-16-28-35)36-29-17-6-18-30-36/h1-30,39-41H. The third-order valence-corrected chi connectivity index (χ3v) is 12.4. The van der Waals surface area contributed by atoms with Crippen LogP contribution in [0.2, 0.25) is 0 Å². The molecule has 0 heterocycles. The Kier molecular flexibility index (Phi) is 7.14. The molecule has 208 valence electrons. The van der Waals surface area contributed by atoms with Crippen molar-refractivity contribution in [2.45, 2.75) is 10.3 Å². The molecule has 6 rings (SSSR count). The Bertz CT molecular complexity index is 1410. The molecule has 0 saturated carbocycles. The average Bonchev–Trinajstić information content (AvgIpc) is 3.04. The normalized spacial score (nSPS) is 13.2. The van der Waals surface area contributed by atoms with Gasteiger partial charge in [-0.15, -0.1) is 0 Å². The van der Waals surface area contributed by atoms with Gasteiger partial charge in [-0.25, -0.2) is 0 Å². The fraction of sp³-hybridized carbons (Fsp3) is 0.0526. The summed E-state index contributed by atoms with van der Waals surface area (Å²) in [6, 6.07) is 56.3. The van der Waals surface area contributed by atoms with Crippen molar-refractivity contribution in [3.63, 3.8) is 0 Å². The summed E-state index contributed by atoms with van der Waals surface area (Å²) in [5.41, 5.74) is 3.42. The molecule has 0 bridgehead atoms. The summed E-state index contributed by atoms with van der Waals surface area (Å²) in [6.07, 6.45) is 0. The summed E-state index contributed by atoms with van der Waals surface area (Å²) < 4.78 is 0. The van der Waals surface area contributed by atoms with E-state index >= 15 is 0 Å². The van der Waals surface area contributed by atoms with Crippen LogP contribution in [0.3, 0.4) is 0 Å². The molecule has 4 heteroatoms. The average molecular weight is 569 g/mol. The molecule has 0 aromatic heterocycles. The van der Waals surface area contributed by atoms with Crippen LogP contribution in [0.4, 0.5) is 0 Å². The molecule has 3 nitrogen and oxygen atoms in total. The molecule has 42 heavy (non-hydrogen) atoms. The van der Waals surface area contributed by atoms with Crippen molar-refractivity contribution in [1.82, 2.24) is 0 Å². The third kappa shape index (κ3) is 3.98. The Morgan fingerprint density at radius 1 is 0.262 bits per heavy atom. The van der Waals surface area contributed by atoms with E-state index in [1.165, 1.54) is 0 Å². The van der Waals surface area contributed by atoms with Crippen molar-refractivity contribution in [2.75, 3.05) is 0 Å². The number of hydrogen-bond acceptors (Lipinski definition) is 3. The molecule has 0 fully saturated rings. The van der Waals surface area contributed by atoms with Crippen LogP contribution in [0.5, 0.6) is 0 Å². The fourth-order valence-corrected chi connectivity index (χ4v) is 11.0. The summed E-state index contributed by atoms with van der Waals surface area (Å²) in [5.74, 6) is 0. The van der Waals surface area contributed by atoms with Gasteiger partial charge in [0.25, 0.3) is 0 Å². The van der Waals surface area contributed by atoms with Gasteiger partial charge in [-0.05, 0) is 0 Å². The number of benzene rings is 6. The zero-order valence-electron chi connectivity index (χ0n) is 23.1. The second kappa shape index (κ2) is 10.8. The monoisotopic (exact) mass is 568 g/mol. The maximum atomic E-state index is 13.8. The van der Waals surface area contributed by atoms with E-state index in [0.717, 1.165) is 0 Å². The van der Waals surface area contributed by atoms with Crippen LogP contribution < -0.4 is 0 Å². The molecule has 6 aromatic carbocycles. The fourth-order valence-electron chi connectivity index (χ4n) is 6.75. The quantitative estimate of drug-likeness (QED) is 0.128. The van der Waals surface area contributed by atoms with E-state index in [9.17, 15) is 14.7 Å². The minimum atomic E-state index is -6.25. The van der Waals surface area contributed by atoms with E-state index in [2.05, 4.69) is 0 Å². The van der Waals surface area contributed by atoms with Gasteiger partial charge in [-0.1, -0.05) is 0 Å². The van der Waals surface area contributed by atoms with Gasteiger partial charge in [-0.3, -0.25) is 0 Å². The van der Waals surface area contributed by atoms with Crippen LogP contribution in [0.25, 0.3) is 0 Å². The zero-order valence-corrected chi connectivity index (χ0v) is 24.0. The zero-order chi connectivity index (χ0) is 29.1. The second-order valence-electron chi connectivity index (χ2n) is 10.6. The van der Waals surface area contributed by atoms with Gasteiger partial charge in [0.05, 0.1) is 0 Å². The molecule has 3 N–H and O–H groups in total. The van der Waals surface area contributed by atoms with E-state index in [4.69, 9.17) is 0 Å². The Morgan fingerprint density at radius 3 is 0.548 bits per heavy atom. The van der Waals surface area contributed by atoms with Gasteiger partial charge in [0, 0.05) is 0 Å². The first kappa shape index (κ1) is 27.8. The molecule has 0 atom stereocenters. The first-order chi connectivity index (χ1) is 20.4. The predicted octanol–water partition coefficient (Wildman–Crippen LogP) is 8.25. The molecule has 0 saturated heterocycles. The van der Waals surface area contributed by atoms with Crippen LogP contribution in [-0.2, 0) is 10.3 Å². The molecule has 6 aromatic rings. The van der Waals surface area contributed by atoms with E-state index < -0.39 is 17.6 Å². The number of hydrogen-bond donors (Lipinski definition) is 3. The van der Waals surface area contributed by atoms with Gasteiger partial charge in [-0.2, -0.15) is 0 Å².